The molecule has 35 heavy (non-hydrogen) atoms. The van der Waals surface area contributed by atoms with Gasteiger partial charge in [0.1, 0.15) is 11.0 Å². The fourth-order valence-corrected chi connectivity index (χ4v) is 11.8. The van der Waals surface area contributed by atoms with Gasteiger partial charge in [-0.2, -0.15) is 0 Å². The Morgan fingerprint density at radius 1 is 0.943 bits per heavy atom. The Hall–Kier alpha value is -1.86. The van der Waals surface area contributed by atoms with Gasteiger partial charge in [0.05, 0.1) is 4.75 Å². The average molecular weight is 510 g/mol. The van der Waals surface area contributed by atoms with Crippen LogP contribution in [0.2, 0.25) is 5.04 Å². The summed E-state index contributed by atoms with van der Waals surface area (Å²) in [5, 5.41) is 2.42. The van der Waals surface area contributed by atoms with Crippen LogP contribution < -0.4 is 10.4 Å². The molecule has 2 aliphatic rings. The van der Waals surface area contributed by atoms with Crippen LogP contribution in [-0.4, -0.2) is 46.6 Å². The molecule has 0 radical (unpaired) electrons. The van der Waals surface area contributed by atoms with E-state index in [2.05, 4.69) is 85.7 Å². The molecule has 0 unspecified atom stereocenters. The SMILES string of the molecule is CC(C)(C)[S@@](=O)N1C[C@@H]2CC(=O)C=C2[C@H]1CCO[Si](c1ccccc1)(c1ccccc1)C(C)(C)C. The molecule has 3 atom stereocenters. The number of hydrogen-bond donors (Lipinski definition) is 0. The Kier molecular flexibility index (Phi) is 7.40. The van der Waals surface area contributed by atoms with Gasteiger partial charge >= 0.3 is 0 Å². The first-order valence-electron chi connectivity index (χ1n) is 12.6. The zero-order valence-corrected chi connectivity index (χ0v) is 23.7. The van der Waals surface area contributed by atoms with Crippen molar-refractivity contribution in [3.8, 4) is 0 Å². The van der Waals surface area contributed by atoms with Crippen molar-refractivity contribution in [2.75, 3.05) is 13.2 Å². The molecule has 0 amide bonds. The van der Waals surface area contributed by atoms with Crippen LogP contribution in [0.15, 0.2) is 72.3 Å². The molecule has 2 aromatic carbocycles. The first-order chi connectivity index (χ1) is 16.4. The zero-order valence-electron chi connectivity index (χ0n) is 21.9. The molecule has 0 bridgehead atoms. The predicted molar refractivity (Wildman–Crippen MR) is 148 cm³/mol. The van der Waals surface area contributed by atoms with Gasteiger partial charge in [-0.3, -0.25) is 4.79 Å². The summed E-state index contributed by atoms with van der Waals surface area (Å²) in [6.45, 7) is 14.1. The lowest BCUT2D eigenvalue weighted by molar-refractivity contribution is -0.114. The van der Waals surface area contributed by atoms with Gasteiger partial charge in [-0.15, -0.1) is 0 Å². The number of hydrogen-bond acceptors (Lipinski definition) is 3. The normalized spacial score (nSPS) is 22.2. The van der Waals surface area contributed by atoms with E-state index in [9.17, 15) is 9.00 Å². The second-order valence-corrected chi connectivity index (χ2v) is 18.3. The second-order valence-electron chi connectivity index (χ2n) is 11.8. The molecule has 1 saturated heterocycles. The molecule has 1 aliphatic heterocycles. The fourth-order valence-electron chi connectivity index (χ4n) is 5.70. The van der Waals surface area contributed by atoms with Crippen molar-refractivity contribution in [2.24, 2.45) is 5.92 Å². The minimum atomic E-state index is -2.63. The lowest BCUT2D eigenvalue weighted by atomic mass is 10.00. The van der Waals surface area contributed by atoms with Gasteiger partial charge < -0.3 is 4.43 Å². The molecule has 1 fully saturated rings. The Balaban J connectivity index is 1.67. The summed E-state index contributed by atoms with van der Waals surface area (Å²) in [6, 6.07) is 21.3. The highest BCUT2D eigenvalue weighted by Gasteiger charge is 2.51. The largest absolute Gasteiger partial charge is 0.407 e. The number of rotatable bonds is 7. The lowest BCUT2D eigenvalue weighted by Gasteiger charge is -2.43. The first-order valence-corrected chi connectivity index (χ1v) is 15.6. The summed E-state index contributed by atoms with van der Waals surface area (Å²) in [6.07, 6.45) is 3.08. The third-order valence-electron chi connectivity index (χ3n) is 7.24. The molecule has 0 aromatic heterocycles. The Labute approximate surface area is 214 Å². The van der Waals surface area contributed by atoms with Crippen LogP contribution in [0.3, 0.4) is 0 Å². The fraction of sp³-hybridized carbons (Fsp3) is 0.483. The number of allylic oxidation sites excluding steroid dienone is 1. The molecule has 4 nitrogen and oxygen atoms in total. The maximum absolute atomic E-state index is 13.4. The van der Waals surface area contributed by atoms with E-state index in [0.29, 0.717) is 19.6 Å². The van der Waals surface area contributed by atoms with E-state index in [1.54, 1.807) is 0 Å². The summed E-state index contributed by atoms with van der Waals surface area (Å²) < 4.78 is 22.3. The van der Waals surface area contributed by atoms with E-state index in [4.69, 9.17) is 4.43 Å². The Bertz CT molecular complexity index is 1060. The second kappa shape index (κ2) is 9.89. The van der Waals surface area contributed by atoms with Gasteiger partial charge in [-0.25, -0.2) is 8.51 Å². The van der Waals surface area contributed by atoms with E-state index in [-0.39, 0.29) is 27.5 Å². The summed E-state index contributed by atoms with van der Waals surface area (Å²) in [5.41, 5.74) is 1.15. The summed E-state index contributed by atoms with van der Waals surface area (Å²) in [4.78, 5) is 12.2. The van der Waals surface area contributed by atoms with Crippen LogP contribution >= 0.6 is 0 Å². The van der Waals surface area contributed by atoms with Gasteiger partial charge in [-0.05, 0) is 54.3 Å². The van der Waals surface area contributed by atoms with Crippen LogP contribution in [0.25, 0.3) is 0 Å². The summed E-state index contributed by atoms with van der Waals surface area (Å²) in [7, 11) is -3.77. The van der Waals surface area contributed by atoms with Gasteiger partial charge in [0, 0.05) is 31.5 Å². The van der Waals surface area contributed by atoms with Crippen LogP contribution in [-0.2, 0) is 20.2 Å². The first kappa shape index (κ1) is 26.2. The third-order valence-corrected chi connectivity index (χ3v) is 14.2. The number of carbonyl (C=O) groups is 1. The van der Waals surface area contributed by atoms with Gasteiger partial charge in [-0.1, -0.05) is 81.4 Å². The zero-order chi connectivity index (χ0) is 25.4. The van der Waals surface area contributed by atoms with Gasteiger partial charge in [0.25, 0.3) is 8.32 Å². The maximum Gasteiger partial charge on any atom is 0.261 e. The molecule has 1 aliphatic carbocycles. The van der Waals surface area contributed by atoms with E-state index in [1.165, 1.54) is 10.4 Å². The number of nitrogens with zero attached hydrogens (tertiary/aromatic N) is 1. The van der Waals surface area contributed by atoms with Gasteiger partial charge in [0.15, 0.2) is 5.78 Å². The van der Waals surface area contributed by atoms with Crippen molar-refractivity contribution in [2.45, 2.75) is 70.2 Å². The minimum Gasteiger partial charge on any atom is -0.407 e. The van der Waals surface area contributed by atoms with E-state index in [0.717, 1.165) is 12.0 Å². The topological polar surface area (TPSA) is 46.6 Å². The van der Waals surface area contributed by atoms with Crippen molar-refractivity contribution in [1.82, 2.24) is 4.31 Å². The van der Waals surface area contributed by atoms with Crippen molar-refractivity contribution in [3.05, 3.63) is 72.3 Å². The quantitative estimate of drug-likeness (QED) is 0.512. The van der Waals surface area contributed by atoms with E-state index < -0.39 is 19.3 Å². The maximum atomic E-state index is 13.4. The molecule has 1 heterocycles. The molecule has 0 N–H and O–H groups in total. The smallest absolute Gasteiger partial charge is 0.261 e. The molecule has 6 heteroatoms. The third kappa shape index (κ3) is 5.04. The Morgan fingerprint density at radius 3 is 1.97 bits per heavy atom. The van der Waals surface area contributed by atoms with Crippen molar-refractivity contribution >= 4 is 35.5 Å². The highest BCUT2D eigenvalue weighted by Crippen LogP contribution is 2.41. The molecule has 2 aromatic rings. The minimum absolute atomic E-state index is 0.0234. The van der Waals surface area contributed by atoms with E-state index in [1.807, 2.05) is 26.8 Å². The monoisotopic (exact) mass is 509 g/mol. The van der Waals surface area contributed by atoms with E-state index >= 15 is 0 Å². The lowest BCUT2D eigenvalue weighted by Crippen LogP contribution is -2.66. The van der Waals surface area contributed by atoms with Crippen molar-refractivity contribution in [1.29, 1.82) is 0 Å². The molecular weight excluding hydrogens is 470 g/mol. The number of carbonyl (C=O) groups excluding carboxylic acids is 1. The molecule has 0 spiro atoms. The average Bonchev–Trinajstić information content (AvgIpc) is 3.32. The van der Waals surface area contributed by atoms with Crippen molar-refractivity contribution < 1.29 is 13.4 Å². The predicted octanol–water partition coefficient (Wildman–Crippen LogP) is 4.61. The molecule has 0 saturated carbocycles. The van der Waals surface area contributed by atoms with Crippen LogP contribution in [0.4, 0.5) is 0 Å². The number of fused-ring (bicyclic) bond motifs is 1. The van der Waals surface area contributed by atoms with Crippen LogP contribution in [0.5, 0.6) is 0 Å². The summed E-state index contributed by atoms with van der Waals surface area (Å²) >= 11 is 0. The standard InChI is InChI=1S/C29H39NO3SSi/c1-28(2,3)34(32)30-21-22-19-23(31)20-26(22)27(30)17-18-33-35(29(4,5)6,24-13-9-7-10-14-24)25-15-11-8-12-16-25/h7-16,20,22,27H,17-19,21H2,1-6H3/t22-,27+,34+/m0/s1. The number of benzene rings is 2. The summed E-state index contributed by atoms with van der Waals surface area (Å²) in [5.74, 6) is 0.385. The highest BCUT2D eigenvalue weighted by molar-refractivity contribution is 7.84. The van der Waals surface area contributed by atoms with Crippen molar-refractivity contribution in [3.63, 3.8) is 0 Å². The molecule has 4 rings (SSSR count). The molecule has 188 valence electrons. The molecular formula is C29H39NO3SSi. The van der Waals surface area contributed by atoms with Crippen LogP contribution in [0.1, 0.15) is 54.4 Å². The van der Waals surface area contributed by atoms with Gasteiger partial charge in [0.2, 0.25) is 0 Å². The number of ketones is 1. The Morgan fingerprint density at radius 2 is 1.49 bits per heavy atom. The highest BCUT2D eigenvalue weighted by atomic mass is 32.2. The van der Waals surface area contributed by atoms with Crippen LogP contribution in [0, 0.1) is 5.92 Å².